The van der Waals surface area contributed by atoms with E-state index in [2.05, 4.69) is 20.8 Å². The summed E-state index contributed by atoms with van der Waals surface area (Å²) in [6.07, 6.45) is 7.57. The molecule has 84 valence electrons. The highest BCUT2D eigenvalue weighted by atomic mass is 16.7. The summed E-state index contributed by atoms with van der Waals surface area (Å²) in [5.41, 5.74) is 0. The van der Waals surface area contributed by atoms with Crippen LogP contribution in [-0.4, -0.2) is 18.5 Å². The molecular formula is C12H24O2. The van der Waals surface area contributed by atoms with Gasteiger partial charge >= 0.3 is 0 Å². The fourth-order valence-corrected chi connectivity index (χ4v) is 1.89. The van der Waals surface area contributed by atoms with E-state index in [1.807, 2.05) is 0 Å². The summed E-state index contributed by atoms with van der Waals surface area (Å²) in [5.74, 6) is -0.283. The SMILES string of the molecule is CCCCCCC1(C)OCC(CC)O1. The minimum atomic E-state index is -0.283. The maximum Gasteiger partial charge on any atom is 0.166 e. The third kappa shape index (κ3) is 3.58. The van der Waals surface area contributed by atoms with Gasteiger partial charge in [0.25, 0.3) is 0 Å². The molecule has 14 heavy (non-hydrogen) atoms. The van der Waals surface area contributed by atoms with Crippen molar-refractivity contribution >= 4 is 0 Å². The second-order valence-electron chi connectivity index (χ2n) is 4.40. The summed E-state index contributed by atoms with van der Waals surface area (Å²) >= 11 is 0. The van der Waals surface area contributed by atoms with Crippen molar-refractivity contribution in [2.75, 3.05) is 6.61 Å². The highest BCUT2D eigenvalue weighted by Gasteiger charge is 2.35. The lowest BCUT2D eigenvalue weighted by atomic mass is 10.1. The first kappa shape index (κ1) is 12.0. The molecule has 0 aromatic heterocycles. The van der Waals surface area contributed by atoms with Crippen LogP contribution in [0.5, 0.6) is 0 Å². The molecule has 1 rings (SSSR count). The Morgan fingerprint density at radius 2 is 2.00 bits per heavy atom. The van der Waals surface area contributed by atoms with Crippen LogP contribution < -0.4 is 0 Å². The minimum Gasteiger partial charge on any atom is -0.348 e. The van der Waals surface area contributed by atoms with Gasteiger partial charge in [-0.25, -0.2) is 0 Å². The molecular weight excluding hydrogens is 176 g/mol. The van der Waals surface area contributed by atoms with Gasteiger partial charge in [0.05, 0.1) is 12.7 Å². The van der Waals surface area contributed by atoms with Gasteiger partial charge in [-0.2, -0.15) is 0 Å². The Morgan fingerprint density at radius 3 is 2.57 bits per heavy atom. The topological polar surface area (TPSA) is 18.5 Å². The molecule has 0 saturated carbocycles. The van der Waals surface area contributed by atoms with Gasteiger partial charge in [-0.1, -0.05) is 33.1 Å². The molecule has 0 bridgehead atoms. The Morgan fingerprint density at radius 1 is 1.21 bits per heavy atom. The van der Waals surface area contributed by atoms with Crippen molar-refractivity contribution in [1.29, 1.82) is 0 Å². The second-order valence-corrected chi connectivity index (χ2v) is 4.40. The van der Waals surface area contributed by atoms with Gasteiger partial charge in [0, 0.05) is 6.42 Å². The number of hydrogen-bond donors (Lipinski definition) is 0. The van der Waals surface area contributed by atoms with Crippen molar-refractivity contribution in [3.05, 3.63) is 0 Å². The van der Waals surface area contributed by atoms with Crippen molar-refractivity contribution < 1.29 is 9.47 Å². The quantitative estimate of drug-likeness (QED) is 0.611. The van der Waals surface area contributed by atoms with Crippen LogP contribution in [0.2, 0.25) is 0 Å². The predicted octanol–water partition coefficient (Wildman–Crippen LogP) is 3.50. The van der Waals surface area contributed by atoms with Crippen LogP contribution >= 0.6 is 0 Å². The van der Waals surface area contributed by atoms with Gasteiger partial charge < -0.3 is 9.47 Å². The molecule has 2 unspecified atom stereocenters. The van der Waals surface area contributed by atoms with E-state index in [-0.39, 0.29) is 5.79 Å². The van der Waals surface area contributed by atoms with Crippen LogP contribution in [-0.2, 0) is 9.47 Å². The lowest BCUT2D eigenvalue weighted by Crippen LogP contribution is -2.26. The zero-order valence-corrected chi connectivity index (χ0v) is 9.84. The lowest BCUT2D eigenvalue weighted by molar-refractivity contribution is -0.159. The first-order chi connectivity index (χ1) is 6.70. The number of hydrogen-bond acceptors (Lipinski definition) is 2. The van der Waals surface area contributed by atoms with Crippen LogP contribution in [0.4, 0.5) is 0 Å². The maximum atomic E-state index is 5.86. The first-order valence-electron chi connectivity index (χ1n) is 6.02. The zero-order chi connectivity index (χ0) is 10.4. The molecule has 2 heteroatoms. The molecule has 1 aliphatic rings. The predicted molar refractivity (Wildman–Crippen MR) is 58.3 cm³/mol. The van der Waals surface area contributed by atoms with E-state index in [4.69, 9.17) is 9.47 Å². The van der Waals surface area contributed by atoms with Crippen LogP contribution in [0, 0.1) is 0 Å². The van der Waals surface area contributed by atoms with Gasteiger partial charge in [0.15, 0.2) is 5.79 Å². The summed E-state index contributed by atoms with van der Waals surface area (Å²) in [6.45, 7) is 7.24. The average molecular weight is 200 g/mol. The summed E-state index contributed by atoms with van der Waals surface area (Å²) in [7, 11) is 0. The van der Waals surface area contributed by atoms with Crippen molar-refractivity contribution in [2.45, 2.75) is 71.2 Å². The van der Waals surface area contributed by atoms with E-state index in [1.165, 1.54) is 25.7 Å². The smallest absolute Gasteiger partial charge is 0.166 e. The van der Waals surface area contributed by atoms with Crippen LogP contribution in [0.3, 0.4) is 0 Å². The third-order valence-corrected chi connectivity index (χ3v) is 2.93. The van der Waals surface area contributed by atoms with Crippen molar-refractivity contribution in [3.63, 3.8) is 0 Å². The van der Waals surface area contributed by atoms with E-state index >= 15 is 0 Å². The minimum absolute atomic E-state index is 0.283. The molecule has 0 N–H and O–H groups in total. The third-order valence-electron chi connectivity index (χ3n) is 2.93. The molecule has 0 aromatic rings. The monoisotopic (exact) mass is 200 g/mol. The maximum absolute atomic E-state index is 5.86. The highest BCUT2D eigenvalue weighted by molar-refractivity contribution is 4.74. The van der Waals surface area contributed by atoms with Crippen LogP contribution in [0.25, 0.3) is 0 Å². The average Bonchev–Trinajstić information content (AvgIpc) is 2.56. The van der Waals surface area contributed by atoms with Gasteiger partial charge in [-0.3, -0.25) is 0 Å². The Labute approximate surface area is 88.0 Å². The molecule has 0 radical (unpaired) electrons. The lowest BCUT2D eigenvalue weighted by Gasteiger charge is -2.23. The fourth-order valence-electron chi connectivity index (χ4n) is 1.89. The molecule has 1 aliphatic heterocycles. The Kier molecular flexibility index (Phi) is 4.90. The second kappa shape index (κ2) is 5.72. The molecule has 1 fully saturated rings. The normalized spacial score (nSPS) is 32.4. The van der Waals surface area contributed by atoms with Gasteiger partial charge in [-0.15, -0.1) is 0 Å². The Balaban J connectivity index is 2.16. The van der Waals surface area contributed by atoms with Gasteiger partial charge in [0.1, 0.15) is 0 Å². The molecule has 1 heterocycles. The molecule has 0 amide bonds. The standard InChI is InChI=1S/C12H24O2/c1-4-6-7-8-9-12(3)13-10-11(5-2)14-12/h11H,4-10H2,1-3H3. The summed E-state index contributed by atoms with van der Waals surface area (Å²) in [5, 5.41) is 0. The number of unbranched alkanes of at least 4 members (excludes halogenated alkanes) is 3. The zero-order valence-electron chi connectivity index (χ0n) is 9.84. The molecule has 1 saturated heterocycles. The van der Waals surface area contributed by atoms with Crippen molar-refractivity contribution in [2.24, 2.45) is 0 Å². The number of rotatable bonds is 6. The first-order valence-corrected chi connectivity index (χ1v) is 6.02. The van der Waals surface area contributed by atoms with E-state index in [1.54, 1.807) is 0 Å². The summed E-state index contributed by atoms with van der Waals surface area (Å²) in [6, 6.07) is 0. The van der Waals surface area contributed by atoms with Gasteiger partial charge in [-0.05, 0) is 19.8 Å². The molecule has 2 nitrogen and oxygen atoms in total. The van der Waals surface area contributed by atoms with Crippen LogP contribution in [0.15, 0.2) is 0 Å². The summed E-state index contributed by atoms with van der Waals surface area (Å²) < 4.78 is 11.6. The highest BCUT2D eigenvalue weighted by Crippen LogP contribution is 2.29. The fraction of sp³-hybridized carbons (Fsp3) is 1.00. The Bertz CT molecular complexity index is 158. The van der Waals surface area contributed by atoms with Crippen molar-refractivity contribution in [3.8, 4) is 0 Å². The largest absolute Gasteiger partial charge is 0.348 e. The van der Waals surface area contributed by atoms with E-state index < -0.39 is 0 Å². The Hall–Kier alpha value is -0.0800. The van der Waals surface area contributed by atoms with E-state index in [0.717, 1.165) is 19.4 Å². The van der Waals surface area contributed by atoms with E-state index in [9.17, 15) is 0 Å². The summed E-state index contributed by atoms with van der Waals surface area (Å²) in [4.78, 5) is 0. The van der Waals surface area contributed by atoms with Crippen LogP contribution in [0.1, 0.15) is 59.3 Å². The van der Waals surface area contributed by atoms with Gasteiger partial charge in [0.2, 0.25) is 0 Å². The molecule has 0 aliphatic carbocycles. The van der Waals surface area contributed by atoms with Crippen molar-refractivity contribution in [1.82, 2.24) is 0 Å². The molecule has 0 aromatic carbocycles. The number of ether oxygens (including phenoxy) is 2. The van der Waals surface area contributed by atoms with E-state index in [0.29, 0.717) is 6.10 Å². The molecule has 2 atom stereocenters. The molecule has 0 spiro atoms.